The van der Waals surface area contributed by atoms with Crippen molar-refractivity contribution < 1.29 is 19.4 Å². The lowest BCUT2D eigenvalue weighted by atomic mass is 9.66. The average Bonchev–Trinajstić information content (AvgIpc) is 3.25. The SMILES string of the molecule is O=C(CC1(C(=O)O)CCC1)Nc1ccccc1OCC1CC1. The van der Waals surface area contributed by atoms with Crippen LogP contribution >= 0.6 is 0 Å². The highest BCUT2D eigenvalue weighted by Gasteiger charge is 2.45. The summed E-state index contributed by atoms with van der Waals surface area (Å²) in [5.41, 5.74) is -0.249. The van der Waals surface area contributed by atoms with E-state index in [1.807, 2.05) is 18.2 Å². The fourth-order valence-corrected chi connectivity index (χ4v) is 2.76. The Balaban J connectivity index is 1.62. The third kappa shape index (κ3) is 3.24. The zero-order chi connectivity index (χ0) is 15.6. The summed E-state index contributed by atoms with van der Waals surface area (Å²) in [6.07, 6.45) is 4.47. The minimum atomic E-state index is -0.868. The summed E-state index contributed by atoms with van der Waals surface area (Å²) < 4.78 is 5.75. The number of para-hydroxylation sites is 2. The van der Waals surface area contributed by atoms with E-state index in [0.29, 0.717) is 36.8 Å². The van der Waals surface area contributed by atoms with Crippen molar-refractivity contribution in [3.63, 3.8) is 0 Å². The van der Waals surface area contributed by atoms with Crippen molar-refractivity contribution in [2.75, 3.05) is 11.9 Å². The van der Waals surface area contributed by atoms with Crippen LogP contribution in [-0.4, -0.2) is 23.6 Å². The first-order valence-corrected chi connectivity index (χ1v) is 7.84. The molecular formula is C17H21NO4. The zero-order valence-corrected chi connectivity index (χ0v) is 12.5. The molecule has 0 bridgehead atoms. The number of carboxylic acids is 1. The molecule has 5 heteroatoms. The van der Waals surface area contributed by atoms with Gasteiger partial charge in [-0.2, -0.15) is 0 Å². The van der Waals surface area contributed by atoms with Crippen LogP contribution in [0.2, 0.25) is 0 Å². The molecule has 0 spiro atoms. The highest BCUT2D eigenvalue weighted by atomic mass is 16.5. The van der Waals surface area contributed by atoms with Crippen LogP contribution in [0, 0.1) is 11.3 Å². The summed E-state index contributed by atoms with van der Waals surface area (Å²) in [6.45, 7) is 0.673. The Morgan fingerprint density at radius 2 is 2.00 bits per heavy atom. The van der Waals surface area contributed by atoms with Gasteiger partial charge in [-0.3, -0.25) is 9.59 Å². The van der Waals surface area contributed by atoms with Crippen molar-refractivity contribution in [1.82, 2.24) is 0 Å². The fraction of sp³-hybridized carbons (Fsp3) is 0.529. The highest BCUT2D eigenvalue weighted by molar-refractivity contribution is 5.95. The van der Waals surface area contributed by atoms with E-state index >= 15 is 0 Å². The lowest BCUT2D eigenvalue weighted by Crippen LogP contribution is -2.41. The van der Waals surface area contributed by atoms with E-state index in [2.05, 4.69) is 5.32 Å². The number of benzene rings is 1. The van der Waals surface area contributed by atoms with Crippen molar-refractivity contribution in [1.29, 1.82) is 0 Å². The van der Waals surface area contributed by atoms with Gasteiger partial charge >= 0.3 is 5.97 Å². The first kappa shape index (κ1) is 14.9. The van der Waals surface area contributed by atoms with Crippen LogP contribution in [0.25, 0.3) is 0 Å². The van der Waals surface area contributed by atoms with Gasteiger partial charge in [-0.15, -0.1) is 0 Å². The number of nitrogens with one attached hydrogen (secondary N) is 1. The molecule has 1 aromatic carbocycles. The largest absolute Gasteiger partial charge is 0.491 e. The minimum Gasteiger partial charge on any atom is -0.491 e. The summed E-state index contributed by atoms with van der Waals surface area (Å²) in [7, 11) is 0. The number of carbonyl (C=O) groups is 2. The van der Waals surface area contributed by atoms with Gasteiger partial charge in [0.1, 0.15) is 5.75 Å². The summed E-state index contributed by atoms with van der Waals surface area (Å²) in [4.78, 5) is 23.5. The third-order valence-electron chi connectivity index (χ3n) is 4.60. The molecule has 3 rings (SSSR count). The molecular weight excluding hydrogens is 282 g/mol. The minimum absolute atomic E-state index is 0.0271. The number of ether oxygens (including phenoxy) is 1. The van der Waals surface area contributed by atoms with Gasteiger partial charge in [0.15, 0.2) is 0 Å². The molecule has 2 aliphatic carbocycles. The zero-order valence-electron chi connectivity index (χ0n) is 12.5. The average molecular weight is 303 g/mol. The van der Waals surface area contributed by atoms with Gasteiger partial charge in [0.05, 0.1) is 17.7 Å². The molecule has 22 heavy (non-hydrogen) atoms. The number of aliphatic carboxylic acids is 1. The molecule has 0 radical (unpaired) electrons. The molecule has 2 aliphatic rings. The standard InChI is InChI=1S/C17H21NO4/c19-15(10-17(16(20)21)8-3-9-17)18-13-4-1-2-5-14(13)22-11-12-6-7-12/h1-2,4-5,12H,3,6-11H2,(H,18,19)(H,20,21). The molecule has 1 amide bonds. The van der Waals surface area contributed by atoms with Crippen molar-refractivity contribution in [3.05, 3.63) is 24.3 Å². The normalized spacial score (nSPS) is 19.1. The van der Waals surface area contributed by atoms with Crippen molar-refractivity contribution in [3.8, 4) is 5.75 Å². The van der Waals surface area contributed by atoms with Crippen LogP contribution in [-0.2, 0) is 9.59 Å². The van der Waals surface area contributed by atoms with Crippen molar-refractivity contribution in [2.24, 2.45) is 11.3 Å². The van der Waals surface area contributed by atoms with E-state index in [9.17, 15) is 14.7 Å². The van der Waals surface area contributed by atoms with Gasteiger partial charge in [-0.1, -0.05) is 18.6 Å². The van der Waals surface area contributed by atoms with Crippen LogP contribution < -0.4 is 10.1 Å². The Labute approximate surface area is 129 Å². The molecule has 1 aromatic rings. The summed E-state index contributed by atoms with van der Waals surface area (Å²) >= 11 is 0. The van der Waals surface area contributed by atoms with E-state index in [4.69, 9.17) is 4.74 Å². The maximum atomic E-state index is 12.2. The monoisotopic (exact) mass is 303 g/mol. The number of amides is 1. The van der Waals surface area contributed by atoms with E-state index in [1.54, 1.807) is 6.07 Å². The Kier molecular flexibility index (Phi) is 4.05. The van der Waals surface area contributed by atoms with Crippen LogP contribution in [0.1, 0.15) is 38.5 Å². The summed E-state index contributed by atoms with van der Waals surface area (Å²) in [5, 5.41) is 12.1. The van der Waals surface area contributed by atoms with Gasteiger partial charge in [0, 0.05) is 6.42 Å². The molecule has 2 N–H and O–H groups in total. The first-order chi connectivity index (χ1) is 10.6. The Morgan fingerprint density at radius 1 is 1.27 bits per heavy atom. The molecule has 0 heterocycles. The molecule has 118 valence electrons. The maximum Gasteiger partial charge on any atom is 0.310 e. The Bertz CT molecular complexity index is 576. The molecule has 2 fully saturated rings. The number of hydrogen-bond acceptors (Lipinski definition) is 3. The highest BCUT2D eigenvalue weighted by Crippen LogP contribution is 2.44. The fourth-order valence-electron chi connectivity index (χ4n) is 2.76. The second-order valence-corrected chi connectivity index (χ2v) is 6.41. The van der Waals surface area contributed by atoms with Crippen molar-refractivity contribution in [2.45, 2.75) is 38.5 Å². The Hall–Kier alpha value is -2.04. The molecule has 0 atom stereocenters. The van der Waals surface area contributed by atoms with Gasteiger partial charge in [-0.05, 0) is 43.7 Å². The molecule has 0 aromatic heterocycles. The molecule has 5 nitrogen and oxygen atoms in total. The van der Waals surface area contributed by atoms with E-state index in [0.717, 1.165) is 6.42 Å². The molecule has 2 saturated carbocycles. The lowest BCUT2D eigenvalue weighted by Gasteiger charge is -2.36. The number of anilines is 1. The second kappa shape index (κ2) is 5.99. The topological polar surface area (TPSA) is 75.6 Å². The van der Waals surface area contributed by atoms with Crippen LogP contribution in [0.4, 0.5) is 5.69 Å². The number of rotatable bonds is 7. The van der Waals surface area contributed by atoms with Gasteiger partial charge in [-0.25, -0.2) is 0 Å². The summed E-state index contributed by atoms with van der Waals surface area (Å²) in [6, 6.07) is 7.31. The number of carbonyl (C=O) groups excluding carboxylic acids is 1. The predicted molar refractivity (Wildman–Crippen MR) is 81.8 cm³/mol. The maximum absolute atomic E-state index is 12.2. The third-order valence-corrected chi connectivity index (χ3v) is 4.60. The molecule has 0 unspecified atom stereocenters. The predicted octanol–water partition coefficient (Wildman–Crippen LogP) is 3.06. The second-order valence-electron chi connectivity index (χ2n) is 6.41. The number of carboxylic acid groups (broad SMARTS) is 1. The van der Waals surface area contributed by atoms with Crippen molar-refractivity contribution >= 4 is 17.6 Å². The van der Waals surface area contributed by atoms with E-state index in [1.165, 1.54) is 12.8 Å². The van der Waals surface area contributed by atoms with E-state index in [-0.39, 0.29) is 12.3 Å². The smallest absolute Gasteiger partial charge is 0.310 e. The van der Waals surface area contributed by atoms with Gasteiger partial charge in [0.25, 0.3) is 0 Å². The van der Waals surface area contributed by atoms with Crippen LogP contribution in [0.5, 0.6) is 5.75 Å². The van der Waals surface area contributed by atoms with Gasteiger partial charge in [0.2, 0.25) is 5.91 Å². The molecule has 0 saturated heterocycles. The number of hydrogen-bond donors (Lipinski definition) is 2. The van der Waals surface area contributed by atoms with Crippen LogP contribution in [0.15, 0.2) is 24.3 Å². The quantitative estimate of drug-likeness (QED) is 0.811. The molecule has 0 aliphatic heterocycles. The van der Waals surface area contributed by atoms with Crippen LogP contribution in [0.3, 0.4) is 0 Å². The summed E-state index contributed by atoms with van der Waals surface area (Å²) in [5.74, 6) is 0.159. The lowest BCUT2D eigenvalue weighted by molar-refractivity contribution is -0.157. The first-order valence-electron chi connectivity index (χ1n) is 7.84. The van der Waals surface area contributed by atoms with E-state index < -0.39 is 11.4 Å². The Morgan fingerprint density at radius 3 is 2.59 bits per heavy atom. The van der Waals surface area contributed by atoms with Gasteiger partial charge < -0.3 is 15.2 Å².